The van der Waals surface area contributed by atoms with Crippen LogP contribution in [0, 0.1) is 0 Å². The first-order valence-corrected chi connectivity index (χ1v) is 26.9. The van der Waals surface area contributed by atoms with E-state index in [1.54, 1.807) is 313 Å². The standard InChI is InChI=1S/C70H13NO/c1-71-7-69-64-56-48-38-28-20-12-10-11-14-18-16(12)24-32-26(18)36-30-22(14)23-15(11)19-17-13(10)21(20)29-35-25(17)33-27(19)37-31(23)41-40(30)52-46(36)54-44(32)50(42(48)34(24)28)58(64)60(54)66-62(52)63-53(41)47(37)55-45(33)51-43(35)49(39(29)38)57(56)65(69)59(51)61(55)67(63)70(66,69)68(71)8-3-5-9(72-2)6-4-8/h3-6,68H,7H2,1-2H3. The Morgan fingerprint density at radius 3 is 0.694 bits per heavy atom. The van der Waals surface area contributed by atoms with Crippen molar-refractivity contribution in [3.05, 3.63) is 52.1 Å². The highest BCUT2D eigenvalue weighted by atomic mass is 16.5. The molecular formula is C70H13NO. The molecule has 29 aromatic rings. The van der Waals surface area contributed by atoms with Gasteiger partial charge in [0.15, 0.2) is 0 Å². The third-order valence-corrected chi connectivity index (χ3v) is 26.3. The Hall–Kier alpha value is -8.56. The zero-order valence-electron chi connectivity index (χ0n) is 37.4. The first-order valence-electron chi connectivity index (χ1n) is 26.9. The molecule has 5 aliphatic rings. The van der Waals surface area contributed by atoms with Crippen molar-refractivity contribution in [1.82, 2.24) is 4.90 Å². The van der Waals surface area contributed by atoms with Crippen molar-refractivity contribution < 1.29 is 4.74 Å². The fraction of sp³-hybridized carbons (Fsp3) is 0.0857. The van der Waals surface area contributed by atoms with Crippen molar-refractivity contribution in [2.24, 2.45) is 0 Å². The molecular weight excluding hydrogens is 871 g/mol. The maximum absolute atomic E-state index is 5.99. The summed E-state index contributed by atoms with van der Waals surface area (Å²) in [5, 5.41) is 90.0. The first kappa shape index (κ1) is 27.2. The lowest BCUT2D eigenvalue weighted by molar-refractivity contribution is 0.271. The molecule has 0 N–H and O–H groups in total. The smallest absolute Gasteiger partial charge is 0.118 e. The fourth-order valence-electron chi connectivity index (χ4n) is 26.3. The van der Waals surface area contributed by atoms with Crippen molar-refractivity contribution in [3.8, 4) is 5.75 Å². The van der Waals surface area contributed by atoms with E-state index in [0.29, 0.717) is 0 Å². The zero-order chi connectivity index (χ0) is 43.0. The third kappa shape index (κ3) is 1.44. The Morgan fingerprint density at radius 1 is 0.292 bits per heavy atom. The minimum absolute atomic E-state index is 0.138. The largest absolute Gasteiger partial charge is 0.497 e. The van der Waals surface area contributed by atoms with E-state index >= 15 is 0 Å². The maximum Gasteiger partial charge on any atom is 0.118 e. The highest BCUT2D eigenvalue weighted by Gasteiger charge is 2.75. The minimum atomic E-state index is -0.332. The average molecular weight is 884 g/mol. The summed E-state index contributed by atoms with van der Waals surface area (Å²) in [6.07, 6.45) is 0. The van der Waals surface area contributed by atoms with Crippen LogP contribution < -0.4 is 4.74 Å². The predicted octanol–water partition coefficient (Wildman–Crippen LogP) is 18.0. The van der Waals surface area contributed by atoms with Gasteiger partial charge in [-0.25, -0.2) is 0 Å². The summed E-state index contributed by atoms with van der Waals surface area (Å²) in [4.78, 5) is 2.92. The van der Waals surface area contributed by atoms with Crippen LogP contribution in [-0.4, -0.2) is 25.6 Å². The van der Waals surface area contributed by atoms with Crippen molar-refractivity contribution in [2.75, 3.05) is 20.7 Å². The summed E-state index contributed by atoms with van der Waals surface area (Å²) < 4.78 is 5.99. The number of benzene rings is 19. The van der Waals surface area contributed by atoms with E-state index in [-0.39, 0.29) is 16.9 Å². The Balaban J connectivity index is 1.15. The number of methoxy groups -OCH3 is 1. The second-order valence-electron chi connectivity index (χ2n) is 26.6. The van der Waals surface area contributed by atoms with E-state index in [0.717, 1.165) is 12.3 Å². The summed E-state index contributed by atoms with van der Waals surface area (Å²) >= 11 is 0. The number of likely N-dealkylation sites (tertiary alicyclic amines) is 1. The Bertz CT molecular complexity index is 7250. The maximum atomic E-state index is 5.99. The van der Waals surface area contributed by atoms with Gasteiger partial charge in [-0.1, -0.05) is 12.1 Å². The van der Waals surface area contributed by atoms with Crippen LogP contribution in [0.4, 0.5) is 0 Å². The summed E-state index contributed by atoms with van der Waals surface area (Å²) in [6, 6.07) is 9.70. The van der Waals surface area contributed by atoms with E-state index < -0.39 is 0 Å². The van der Waals surface area contributed by atoms with Gasteiger partial charge >= 0.3 is 0 Å². The molecule has 2 nitrogen and oxygen atoms in total. The molecule has 0 saturated carbocycles. The third-order valence-electron chi connectivity index (χ3n) is 26.3. The monoisotopic (exact) mass is 883 g/mol. The predicted molar refractivity (Wildman–Crippen MR) is 302 cm³/mol. The summed E-state index contributed by atoms with van der Waals surface area (Å²) in [5.41, 5.74) is 7.89. The number of hydrogen-bond donors (Lipinski definition) is 0. The minimum Gasteiger partial charge on any atom is -0.497 e. The molecule has 304 valence electrons. The van der Waals surface area contributed by atoms with Crippen LogP contribution in [0.3, 0.4) is 0 Å². The van der Waals surface area contributed by atoms with Crippen LogP contribution in [0.1, 0.15) is 33.9 Å². The van der Waals surface area contributed by atoms with E-state index in [4.69, 9.17) is 4.74 Å². The molecule has 2 spiro atoms. The van der Waals surface area contributed by atoms with Gasteiger partial charge in [0.25, 0.3) is 0 Å². The van der Waals surface area contributed by atoms with Gasteiger partial charge in [-0.2, -0.15) is 0 Å². The normalized spacial score (nSPS) is 23.6. The van der Waals surface area contributed by atoms with Crippen molar-refractivity contribution >= 4 is 291 Å². The molecule has 1 aliphatic heterocycles. The molecule has 1 atom stereocenters. The van der Waals surface area contributed by atoms with Crippen LogP contribution in [0.5, 0.6) is 5.75 Å². The van der Waals surface area contributed by atoms with E-state index in [1.165, 1.54) is 5.56 Å². The molecule has 1 heterocycles. The van der Waals surface area contributed by atoms with Gasteiger partial charge in [-0.15, -0.1) is 0 Å². The zero-order valence-corrected chi connectivity index (χ0v) is 37.4. The van der Waals surface area contributed by atoms with Gasteiger partial charge in [0.2, 0.25) is 0 Å². The van der Waals surface area contributed by atoms with Crippen LogP contribution in [0.2, 0.25) is 0 Å². The van der Waals surface area contributed by atoms with Crippen molar-refractivity contribution in [2.45, 2.75) is 16.9 Å². The molecule has 2 heteroatoms. The highest BCUT2D eigenvalue weighted by Crippen LogP contribution is 2.87. The van der Waals surface area contributed by atoms with Crippen LogP contribution >= 0.6 is 0 Å². The summed E-state index contributed by atoms with van der Waals surface area (Å²) in [6.45, 7) is 1.03. The average Bonchev–Trinajstić information content (AvgIpc) is 4.31. The van der Waals surface area contributed by atoms with Crippen LogP contribution in [-0.2, 0) is 10.8 Å². The lowest BCUT2D eigenvalue weighted by atomic mass is 9.47. The Morgan fingerprint density at radius 2 is 0.486 bits per heavy atom. The summed E-state index contributed by atoms with van der Waals surface area (Å²) in [7, 11) is 4.40. The Kier molecular flexibility index (Phi) is 2.33. The Labute approximate surface area is 393 Å². The number of hydrogen-bond acceptors (Lipinski definition) is 2. The quantitative estimate of drug-likeness (QED) is 0.160. The highest BCUT2D eigenvalue weighted by molar-refractivity contribution is 6.82. The number of ether oxygens (including phenoxy) is 1. The molecule has 1 unspecified atom stereocenters. The van der Waals surface area contributed by atoms with E-state index in [9.17, 15) is 0 Å². The number of likely N-dealkylation sites (N-methyl/N-ethyl adjacent to an activating group) is 1. The molecule has 0 radical (unpaired) electrons. The second kappa shape index (κ2) is 6.17. The van der Waals surface area contributed by atoms with Crippen LogP contribution in [0.15, 0.2) is 24.3 Å². The molecule has 0 aromatic heterocycles. The number of nitrogens with zero attached hydrogens (tertiary/aromatic N) is 1. The topological polar surface area (TPSA) is 12.5 Å². The van der Waals surface area contributed by atoms with E-state index in [1.807, 2.05) is 7.11 Å². The SMILES string of the molecule is COc1ccc(C2N(C)CC34c5c6c7c8c9c%10c(c%11c%12c3c3c5c5c%13c6c6c7c7c9c9c%14c%10c%10c%11c%11c%12c%12c3c3c5c5c%13c%13c6c6c7c9c7c9c%14c%10c%10c%11c%11c%12c3c3c5c5c%13c6c7c6c9c%10c%11c3c56)C824)cc1. The van der Waals surface area contributed by atoms with E-state index in [2.05, 4.69) is 36.2 Å². The van der Waals surface area contributed by atoms with Crippen LogP contribution in [0.25, 0.3) is 291 Å². The fourth-order valence-corrected chi connectivity index (χ4v) is 26.3. The van der Waals surface area contributed by atoms with Gasteiger partial charge in [-0.05, 0) is 338 Å². The molecule has 0 bridgehead atoms. The van der Waals surface area contributed by atoms with Crippen molar-refractivity contribution in [3.63, 3.8) is 0 Å². The molecule has 34 rings (SSSR count). The molecule has 1 fully saturated rings. The van der Waals surface area contributed by atoms with Gasteiger partial charge < -0.3 is 4.74 Å². The van der Waals surface area contributed by atoms with Crippen molar-refractivity contribution in [1.29, 1.82) is 0 Å². The van der Waals surface area contributed by atoms with Gasteiger partial charge in [0.05, 0.1) is 17.9 Å². The van der Waals surface area contributed by atoms with Gasteiger partial charge in [0, 0.05) is 12.6 Å². The van der Waals surface area contributed by atoms with Gasteiger partial charge in [-0.3, -0.25) is 4.90 Å². The molecule has 29 aromatic carbocycles. The number of rotatable bonds is 2. The second-order valence-corrected chi connectivity index (χ2v) is 26.6. The molecule has 0 amide bonds. The lowest BCUT2D eigenvalue weighted by Gasteiger charge is -2.52. The summed E-state index contributed by atoms with van der Waals surface area (Å²) in [5.74, 6) is 0.951. The molecule has 72 heavy (non-hydrogen) atoms. The lowest BCUT2D eigenvalue weighted by Crippen LogP contribution is -2.51. The molecule has 1 saturated heterocycles. The first-order chi connectivity index (χ1) is 35.8. The van der Waals surface area contributed by atoms with Gasteiger partial charge in [0.1, 0.15) is 5.75 Å². The molecule has 4 aliphatic carbocycles.